The summed E-state index contributed by atoms with van der Waals surface area (Å²) in [6.07, 6.45) is 0. The number of rotatable bonds is 5. The fourth-order valence-corrected chi connectivity index (χ4v) is 3.36. The van der Waals surface area contributed by atoms with E-state index in [2.05, 4.69) is 10.6 Å². The highest BCUT2D eigenvalue weighted by Crippen LogP contribution is 2.27. The van der Waals surface area contributed by atoms with Gasteiger partial charge in [-0.25, -0.2) is 4.39 Å². The number of anilines is 1. The first-order chi connectivity index (χ1) is 12.6. The molecule has 1 aliphatic rings. The number of carbonyl (C=O) groups is 1. The Morgan fingerprint density at radius 1 is 1.37 bits per heavy atom. The van der Waals surface area contributed by atoms with Crippen LogP contribution >= 0.6 is 24.0 Å². The number of ether oxygens (including phenoxy) is 1. The van der Waals surface area contributed by atoms with Crippen LogP contribution in [-0.2, 0) is 4.79 Å². The minimum atomic E-state index is -0.273. The molecule has 0 aliphatic carbocycles. The standard InChI is InChI=1S/C19H21ClFN3O2.ClH/c1-26-18-6-5-15(10-16(18)20)23-19(25)12-24-8-7-22-11-17(24)13-3-2-4-14(21)9-13;/h2-6,9-10,17,22H,7-8,11-12H2,1H3,(H,23,25);1H. The fraction of sp³-hybridized carbons (Fsp3) is 0.316. The Morgan fingerprint density at radius 3 is 2.89 bits per heavy atom. The highest BCUT2D eigenvalue weighted by Gasteiger charge is 2.25. The summed E-state index contributed by atoms with van der Waals surface area (Å²) in [5.74, 6) is 0.137. The molecule has 0 saturated carbocycles. The van der Waals surface area contributed by atoms with Crippen LogP contribution in [0.1, 0.15) is 11.6 Å². The zero-order valence-electron chi connectivity index (χ0n) is 14.9. The Kier molecular flexibility index (Phi) is 7.86. The molecule has 8 heteroatoms. The third-order valence-corrected chi connectivity index (χ3v) is 4.67. The van der Waals surface area contributed by atoms with Crippen molar-refractivity contribution >= 4 is 35.6 Å². The molecule has 2 aromatic rings. The minimum Gasteiger partial charge on any atom is -0.495 e. The van der Waals surface area contributed by atoms with Gasteiger partial charge in [0.2, 0.25) is 5.91 Å². The van der Waals surface area contributed by atoms with E-state index in [0.717, 1.165) is 12.1 Å². The van der Waals surface area contributed by atoms with E-state index in [9.17, 15) is 9.18 Å². The van der Waals surface area contributed by atoms with Gasteiger partial charge < -0.3 is 15.4 Å². The van der Waals surface area contributed by atoms with Crippen LogP contribution in [0.2, 0.25) is 5.02 Å². The van der Waals surface area contributed by atoms with Crippen LogP contribution in [0.25, 0.3) is 0 Å². The fourth-order valence-electron chi connectivity index (χ4n) is 3.11. The lowest BCUT2D eigenvalue weighted by Crippen LogP contribution is -2.48. The van der Waals surface area contributed by atoms with Crippen LogP contribution < -0.4 is 15.4 Å². The molecule has 146 valence electrons. The maximum atomic E-state index is 13.6. The van der Waals surface area contributed by atoms with Crippen molar-refractivity contribution in [1.29, 1.82) is 0 Å². The quantitative estimate of drug-likeness (QED) is 0.787. The summed E-state index contributed by atoms with van der Waals surface area (Å²) >= 11 is 6.09. The predicted octanol–water partition coefficient (Wildman–Crippen LogP) is 3.49. The average Bonchev–Trinajstić information content (AvgIpc) is 2.62. The van der Waals surface area contributed by atoms with Crippen LogP contribution in [0.3, 0.4) is 0 Å². The Bertz CT molecular complexity index is 791. The van der Waals surface area contributed by atoms with Crippen LogP contribution in [0, 0.1) is 5.82 Å². The molecular weight excluding hydrogens is 392 g/mol. The summed E-state index contributed by atoms with van der Waals surface area (Å²) in [7, 11) is 1.54. The molecule has 0 aromatic heterocycles. The Balaban J connectivity index is 0.00000261. The minimum absolute atomic E-state index is 0. The Hall–Kier alpha value is -1.86. The van der Waals surface area contributed by atoms with Gasteiger partial charge in [0.25, 0.3) is 0 Å². The van der Waals surface area contributed by atoms with E-state index >= 15 is 0 Å². The summed E-state index contributed by atoms with van der Waals surface area (Å²) in [4.78, 5) is 14.5. The van der Waals surface area contributed by atoms with Gasteiger partial charge in [-0.1, -0.05) is 23.7 Å². The van der Waals surface area contributed by atoms with E-state index in [1.807, 2.05) is 11.0 Å². The maximum absolute atomic E-state index is 13.6. The summed E-state index contributed by atoms with van der Waals surface area (Å²) in [6, 6.07) is 11.6. The zero-order chi connectivity index (χ0) is 18.5. The van der Waals surface area contributed by atoms with E-state index in [0.29, 0.717) is 29.5 Å². The lowest BCUT2D eigenvalue weighted by atomic mass is 10.0. The van der Waals surface area contributed by atoms with Gasteiger partial charge in [-0.15, -0.1) is 12.4 Å². The normalized spacial score (nSPS) is 17.1. The molecule has 2 N–H and O–H groups in total. The van der Waals surface area contributed by atoms with Gasteiger partial charge in [-0.05, 0) is 35.9 Å². The molecule has 1 aliphatic heterocycles. The second-order valence-electron chi connectivity index (χ2n) is 6.14. The number of nitrogens with one attached hydrogen (secondary N) is 2. The lowest BCUT2D eigenvalue weighted by Gasteiger charge is -2.36. The number of piperazine rings is 1. The molecule has 0 spiro atoms. The van der Waals surface area contributed by atoms with Gasteiger partial charge in [0.1, 0.15) is 11.6 Å². The molecule has 1 fully saturated rings. The predicted molar refractivity (Wildman–Crippen MR) is 107 cm³/mol. The summed E-state index contributed by atoms with van der Waals surface area (Å²) < 4.78 is 18.7. The molecule has 1 heterocycles. The van der Waals surface area contributed by atoms with Crippen molar-refractivity contribution in [2.24, 2.45) is 0 Å². The van der Waals surface area contributed by atoms with E-state index in [-0.39, 0.29) is 36.7 Å². The third kappa shape index (κ3) is 5.56. The number of benzene rings is 2. The molecule has 1 saturated heterocycles. The molecule has 1 unspecified atom stereocenters. The number of hydrogen-bond donors (Lipinski definition) is 2. The van der Waals surface area contributed by atoms with E-state index in [1.165, 1.54) is 19.2 Å². The maximum Gasteiger partial charge on any atom is 0.238 e. The first-order valence-corrected chi connectivity index (χ1v) is 8.78. The number of halogens is 3. The third-order valence-electron chi connectivity index (χ3n) is 4.37. The highest BCUT2D eigenvalue weighted by atomic mass is 35.5. The van der Waals surface area contributed by atoms with Gasteiger partial charge in [-0.3, -0.25) is 9.69 Å². The van der Waals surface area contributed by atoms with Crippen LogP contribution in [0.5, 0.6) is 5.75 Å². The molecule has 2 aromatic carbocycles. The van der Waals surface area contributed by atoms with Gasteiger partial charge in [-0.2, -0.15) is 0 Å². The molecular formula is C19H22Cl2FN3O2. The Morgan fingerprint density at radius 2 is 2.19 bits per heavy atom. The smallest absolute Gasteiger partial charge is 0.238 e. The lowest BCUT2D eigenvalue weighted by molar-refractivity contribution is -0.118. The zero-order valence-corrected chi connectivity index (χ0v) is 16.4. The first-order valence-electron chi connectivity index (χ1n) is 8.40. The number of carbonyl (C=O) groups excluding carboxylic acids is 1. The molecule has 0 bridgehead atoms. The number of nitrogens with zero attached hydrogens (tertiary/aromatic N) is 1. The van der Waals surface area contributed by atoms with Crippen molar-refractivity contribution in [3.63, 3.8) is 0 Å². The number of methoxy groups -OCH3 is 1. The Labute approximate surface area is 169 Å². The van der Waals surface area contributed by atoms with Crippen molar-refractivity contribution in [3.05, 3.63) is 58.9 Å². The number of amides is 1. The van der Waals surface area contributed by atoms with Crippen molar-refractivity contribution < 1.29 is 13.9 Å². The molecule has 3 rings (SSSR count). The molecule has 1 amide bonds. The molecule has 1 atom stereocenters. The molecule has 27 heavy (non-hydrogen) atoms. The first kappa shape index (κ1) is 21.4. The largest absolute Gasteiger partial charge is 0.495 e. The van der Waals surface area contributed by atoms with Crippen LogP contribution in [-0.4, -0.2) is 44.1 Å². The second-order valence-corrected chi connectivity index (χ2v) is 6.55. The summed E-state index contributed by atoms with van der Waals surface area (Å²) in [6.45, 7) is 2.38. The van der Waals surface area contributed by atoms with Crippen molar-refractivity contribution in [1.82, 2.24) is 10.2 Å². The SMILES string of the molecule is COc1ccc(NC(=O)CN2CCNCC2c2cccc(F)c2)cc1Cl.Cl. The second kappa shape index (κ2) is 9.90. The van der Waals surface area contributed by atoms with Crippen LogP contribution in [0.4, 0.5) is 10.1 Å². The topological polar surface area (TPSA) is 53.6 Å². The van der Waals surface area contributed by atoms with Gasteiger partial charge in [0.15, 0.2) is 0 Å². The number of hydrogen-bond acceptors (Lipinski definition) is 4. The van der Waals surface area contributed by atoms with Crippen molar-refractivity contribution in [2.75, 3.05) is 38.6 Å². The summed E-state index contributed by atoms with van der Waals surface area (Å²) in [5, 5.41) is 6.58. The highest BCUT2D eigenvalue weighted by molar-refractivity contribution is 6.32. The average molecular weight is 414 g/mol. The van der Waals surface area contributed by atoms with E-state index < -0.39 is 0 Å². The van der Waals surface area contributed by atoms with Crippen molar-refractivity contribution in [3.8, 4) is 5.75 Å². The van der Waals surface area contributed by atoms with Gasteiger partial charge in [0, 0.05) is 31.4 Å². The van der Waals surface area contributed by atoms with Gasteiger partial charge in [0.05, 0.1) is 18.7 Å². The van der Waals surface area contributed by atoms with E-state index in [1.54, 1.807) is 24.3 Å². The van der Waals surface area contributed by atoms with Gasteiger partial charge >= 0.3 is 0 Å². The van der Waals surface area contributed by atoms with E-state index in [4.69, 9.17) is 16.3 Å². The summed E-state index contributed by atoms with van der Waals surface area (Å²) in [5.41, 5.74) is 1.47. The monoisotopic (exact) mass is 413 g/mol. The van der Waals surface area contributed by atoms with Crippen LogP contribution in [0.15, 0.2) is 42.5 Å². The molecule has 5 nitrogen and oxygen atoms in total. The van der Waals surface area contributed by atoms with Crippen molar-refractivity contribution in [2.45, 2.75) is 6.04 Å². The molecule has 0 radical (unpaired) electrons.